The zero-order chi connectivity index (χ0) is 19.9. The van der Waals surface area contributed by atoms with Crippen LogP contribution in [0.4, 0.5) is 13.9 Å². The van der Waals surface area contributed by atoms with E-state index >= 15 is 0 Å². The fraction of sp³-hybridized carbons (Fsp3) is 0.150. The zero-order valence-corrected chi connectivity index (χ0v) is 15.5. The van der Waals surface area contributed by atoms with Gasteiger partial charge in [0.2, 0.25) is 0 Å². The molecule has 0 unspecified atom stereocenters. The average molecular weight is 400 g/mol. The lowest BCUT2D eigenvalue weighted by atomic mass is 9.89. The summed E-state index contributed by atoms with van der Waals surface area (Å²) in [5.41, 5.74) is 0.593. The number of nitrogens with one attached hydrogen (secondary N) is 1. The van der Waals surface area contributed by atoms with Gasteiger partial charge in [-0.1, -0.05) is 18.2 Å². The van der Waals surface area contributed by atoms with Crippen molar-refractivity contribution in [2.75, 3.05) is 5.32 Å². The van der Waals surface area contributed by atoms with Gasteiger partial charge in [0.15, 0.2) is 22.4 Å². The summed E-state index contributed by atoms with van der Waals surface area (Å²) in [7, 11) is 0. The molecule has 1 aromatic heterocycles. The maximum atomic E-state index is 13.4. The third kappa shape index (κ3) is 3.27. The standard InChI is InChI=1S/C20H14F2N2O3S/c1-20(9-12-4-2-3-5-13(12)17(25)27-20)18(26)24-19-23-16(10-28-19)11-6-7-14(21)15(22)8-11/h2-8,10H,9H2,1H3,(H,23,24,26)/t20-/m0/s1. The van der Waals surface area contributed by atoms with Crippen LogP contribution >= 0.6 is 11.3 Å². The van der Waals surface area contributed by atoms with Crippen LogP contribution < -0.4 is 5.32 Å². The van der Waals surface area contributed by atoms with Gasteiger partial charge in [-0.3, -0.25) is 10.1 Å². The molecule has 2 aromatic carbocycles. The van der Waals surface area contributed by atoms with Crippen LogP contribution in [0.25, 0.3) is 11.3 Å². The van der Waals surface area contributed by atoms with E-state index in [2.05, 4.69) is 10.3 Å². The molecule has 2 heterocycles. The molecule has 1 aliphatic rings. The van der Waals surface area contributed by atoms with Crippen LogP contribution in [-0.2, 0) is 16.0 Å². The Kier molecular flexibility index (Phi) is 4.43. The van der Waals surface area contributed by atoms with Gasteiger partial charge in [-0.2, -0.15) is 0 Å². The van der Waals surface area contributed by atoms with E-state index in [-0.39, 0.29) is 11.6 Å². The van der Waals surface area contributed by atoms with E-state index in [0.29, 0.717) is 16.8 Å². The summed E-state index contributed by atoms with van der Waals surface area (Å²) in [6.45, 7) is 1.54. The third-order valence-corrected chi connectivity index (χ3v) is 5.26. The fourth-order valence-corrected chi connectivity index (χ4v) is 3.72. The molecule has 142 valence electrons. The first-order valence-electron chi connectivity index (χ1n) is 8.39. The van der Waals surface area contributed by atoms with Crippen LogP contribution in [0.1, 0.15) is 22.8 Å². The Morgan fingerprint density at radius 1 is 1.21 bits per heavy atom. The highest BCUT2D eigenvalue weighted by molar-refractivity contribution is 7.14. The van der Waals surface area contributed by atoms with Gasteiger partial charge in [0.1, 0.15) is 0 Å². The molecular weight excluding hydrogens is 386 g/mol. The van der Waals surface area contributed by atoms with E-state index in [1.807, 2.05) is 0 Å². The van der Waals surface area contributed by atoms with E-state index in [4.69, 9.17) is 4.74 Å². The van der Waals surface area contributed by atoms with Crippen LogP contribution in [0.3, 0.4) is 0 Å². The van der Waals surface area contributed by atoms with Crippen molar-refractivity contribution in [3.8, 4) is 11.3 Å². The second-order valence-electron chi connectivity index (χ2n) is 6.58. The number of thiazole rings is 1. The zero-order valence-electron chi connectivity index (χ0n) is 14.7. The molecule has 0 aliphatic carbocycles. The predicted molar refractivity (Wildman–Crippen MR) is 100 cm³/mol. The van der Waals surface area contributed by atoms with Gasteiger partial charge in [0.05, 0.1) is 11.3 Å². The van der Waals surface area contributed by atoms with Gasteiger partial charge < -0.3 is 4.74 Å². The molecule has 0 fully saturated rings. The van der Waals surface area contributed by atoms with Crippen molar-refractivity contribution < 1.29 is 23.1 Å². The van der Waals surface area contributed by atoms with Crippen molar-refractivity contribution in [2.45, 2.75) is 18.9 Å². The number of cyclic esters (lactones) is 1. The third-order valence-electron chi connectivity index (χ3n) is 4.50. The number of aromatic nitrogens is 1. The number of carbonyl (C=O) groups is 2. The smallest absolute Gasteiger partial charge is 0.339 e. The summed E-state index contributed by atoms with van der Waals surface area (Å²) in [6, 6.07) is 10.4. The van der Waals surface area contributed by atoms with Crippen LogP contribution in [0.15, 0.2) is 47.8 Å². The first-order valence-corrected chi connectivity index (χ1v) is 9.27. The molecule has 0 radical (unpaired) electrons. The molecule has 5 nitrogen and oxygen atoms in total. The number of amides is 1. The molecule has 4 rings (SSSR count). The lowest BCUT2D eigenvalue weighted by Gasteiger charge is -2.32. The molecule has 0 saturated heterocycles. The van der Waals surface area contributed by atoms with Crippen molar-refractivity contribution in [2.24, 2.45) is 0 Å². The van der Waals surface area contributed by atoms with Crippen molar-refractivity contribution >= 4 is 28.3 Å². The van der Waals surface area contributed by atoms with Crippen LogP contribution in [0.2, 0.25) is 0 Å². The van der Waals surface area contributed by atoms with Gasteiger partial charge in [-0.05, 0) is 36.8 Å². The van der Waals surface area contributed by atoms with Crippen molar-refractivity contribution in [1.82, 2.24) is 4.98 Å². The van der Waals surface area contributed by atoms with Gasteiger partial charge in [-0.25, -0.2) is 18.6 Å². The lowest BCUT2D eigenvalue weighted by Crippen LogP contribution is -2.48. The van der Waals surface area contributed by atoms with Crippen molar-refractivity contribution in [3.63, 3.8) is 0 Å². The van der Waals surface area contributed by atoms with Crippen LogP contribution in [0, 0.1) is 11.6 Å². The monoisotopic (exact) mass is 400 g/mol. The van der Waals surface area contributed by atoms with E-state index in [1.165, 1.54) is 6.07 Å². The van der Waals surface area contributed by atoms with Gasteiger partial charge in [0, 0.05) is 17.4 Å². The molecule has 1 N–H and O–H groups in total. The summed E-state index contributed by atoms with van der Waals surface area (Å²) in [5, 5.41) is 4.53. The molecule has 1 atom stereocenters. The van der Waals surface area contributed by atoms with Crippen molar-refractivity contribution in [1.29, 1.82) is 0 Å². The van der Waals surface area contributed by atoms with E-state index in [9.17, 15) is 18.4 Å². The minimum Gasteiger partial charge on any atom is -0.445 e. The largest absolute Gasteiger partial charge is 0.445 e. The van der Waals surface area contributed by atoms with Crippen molar-refractivity contribution in [3.05, 3.63) is 70.6 Å². The minimum atomic E-state index is -1.38. The van der Waals surface area contributed by atoms with Gasteiger partial charge in [-0.15, -0.1) is 11.3 Å². The molecule has 3 aromatic rings. The Hall–Kier alpha value is -3.13. The first kappa shape index (κ1) is 18.2. The number of rotatable bonds is 3. The Morgan fingerprint density at radius 2 is 2.00 bits per heavy atom. The second-order valence-corrected chi connectivity index (χ2v) is 7.43. The summed E-state index contributed by atoms with van der Waals surface area (Å²) < 4.78 is 31.9. The Labute approximate surface area is 163 Å². The quantitative estimate of drug-likeness (QED) is 0.669. The van der Waals surface area contributed by atoms with Gasteiger partial charge >= 0.3 is 5.97 Å². The lowest BCUT2D eigenvalue weighted by molar-refractivity contribution is -0.134. The molecule has 1 aliphatic heterocycles. The number of ether oxygens (including phenoxy) is 1. The molecule has 0 spiro atoms. The molecule has 0 saturated carbocycles. The number of esters is 1. The predicted octanol–water partition coefficient (Wildman–Crippen LogP) is 4.20. The maximum absolute atomic E-state index is 13.4. The van der Waals surface area contributed by atoms with Crippen LogP contribution in [-0.4, -0.2) is 22.5 Å². The summed E-state index contributed by atoms with van der Waals surface area (Å²) in [5.74, 6) is -2.99. The molecule has 28 heavy (non-hydrogen) atoms. The summed E-state index contributed by atoms with van der Waals surface area (Å²) in [6.07, 6.45) is 0.238. The summed E-state index contributed by atoms with van der Waals surface area (Å²) in [4.78, 5) is 29.2. The number of halogens is 2. The topological polar surface area (TPSA) is 68.3 Å². The first-order chi connectivity index (χ1) is 13.4. The number of fused-ring (bicyclic) bond motifs is 1. The van der Waals surface area contributed by atoms with E-state index in [1.54, 1.807) is 36.6 Å². The SMILES string of the molecule is C[C@@]1(C(=O)Nc2nc(-c3ccc(F)c(F)c3)cs2)Cc2ccccc2C(=O)O1. The molecule has 8 heteroatoms. The Bertz CT molecular complexity index is 1100. The highest BCUT2D eigenvalue weighted by atomic mass is 32.1. The average Bonchev–Trinajstić information content (AvgIpc) is 3.12. The Morgan fingerprint density at radius 3 is 2.79 bits per heavy atom. The minimum absolute atomic E-state index is 0.238. The Balaban J connectivity index is 1.54. The maximum Gasteiger partial charge on any atom is 0.339 e. The van der Waals surface area contributed by atoms with E-state index < -0.39 is 29.1 Å². The number of hydrogen-bond donors (Lipinski definition) is 1. The number of hydrogen-bond acceptors (Lipinski definition) is 5. The normalized spacial score (nSPS) is 18.3. The number of benzene rings is 2. The highest BCUT2D eigenvalue weighted by Crippen LogP contribution is 2.31. The van der Waals surface area contributed by atoms with Gasteiger partial charge in [0.25, 0.3) is 5.91 Å². The summed E-state index contributed by atoms with van der Waals surface area (Å²) >= 11 is 1.13. The number of nitrogens with zero attached hydrogens (tertiary/aromatic N) is 1. The molecular formula is C20H14F2N2O3S. The van der Waals surface area contributed by atoms with E-state index in [0.717, 1.165) is 29.0 Å². The number of carbonyl (C=O) groups excluding carboxylic acids is 2. The highest BCUT2D eigenvalue weighted by Gasteiger charge is 2.42. The second kappa shape index (κ2) is 6.79. The molecule has 0 bridgehead atoms. The van der Waals surface area contributed by atoms with Crippen LogP contribution in [0.5, 0.6) is 0 Å². The molecule has 1 amide bonds. The number of anilines is 1. The fourth-order valence-electron chi connectivity index (χ4n) is 3.01.